The van der Waals surface area contributed by atoms with Crippen LogP contribution >= 0.6 is 0 Å². The minimum Gasteiger partial charge on any atom is -0.383 e. The van der Waals surface area contributed by atoms with Crippen molar-refractivity contribution in [2.75, 3.05) is 45.6 Å². The van der Waals surface area contributed by atoms with E-state index in [1.165, 1.54) is 33.1 Å². The molecule has 31 heavy (non-hydrogen) atoms. The highest BCUT2D eigenvalue weighted by atomic mass is 32.2. The third-order valence-corrected chi connectivity index (χ3v) is 7.36. The molecule has 1 heterocycles. The Morgan fingerprint density at radius 2 is 1.94 bits per heavy atom. The number of halogens is 1. The fourth-order valence-electron chi connectivity index (χ4n) is 3.68. The molecule has 10 heteroatoms. The van der Waals surface area contributed by atoms with Crippen molar-refractivity contribution in [1.82, 2.24) is 14.1 Å². The van der Waals surface area contributed by atoms with Crippen molar-refractivity contribution in [1.29, 1.82) is 0 Å². The third-order valence-electron chi connectivity index (χ3n) is 5.53. The molecule has 174 valence electrons. The quantitative estimate of drug-likeness (QED) is 0.531. The predicted octanol–water partition coefficient (Wildman–Crippen LogP) is 1.46. The first kappa shape index (κ1) is 25.2. The smallest absolute Gasteiger partial charge is 0.238 e. The lowest BCUT2D eigenvalue weighted by atomic mass is 10.0. The first-order valence-corrected chi connectivity index (χ1v) is 12.0. The molecular formula is C21H32FN3O5S. The van der Waals surface area contributed by atoms with Crippen LogP contribution < -0.4 is 0 Å². The highest BCUT2D eigenvalue weighted by Gasteiger charge is 2.31. The largest absolute Gasteiger partial charge is 0.383 e. The van der Waals surface area contributed by atoms with Gasteiger partial charge in [0.25, 0.3) is 0 Å². The number of benzene rings is 1. The van der Waals surface area contributed by atoms with E-state index in [0.717, 1.165) is 4.31 Å². The average Bonchev–Trinajstić information content (AvgIpc) is 2.74. The summed E-state index contributed by atoms with van der Waals surface area (Å²) < 4.78 is 44.8. The van der Waals surface area contributed by atoms with E-state index in [2.05, 4.69) is 0 Å². The Balaban J connectivity index is 2.23. The maximum Gasteiger partial charge on any atom is 0.238 e. The van der Waals surface area contributed by atoms with Gasteiger partial charge in [-0.2, -0.15) is 4.31 Å². The Hall–Kier alpha value is -2.04. The van der Waals surface area contributed by atoms with Crippen molar-refractivity contribution in [3.05, 3.63) is 35.6 Å². The van der Waals surface area contributed by atoms with E-state index < -0.39 is 15.8 Å². The van der Waals surface area contributed by atoms with Gasteiger partial charge in [0.1, 0.15) is 5.82 Å². The molecule has 0 spiro atoms. The molecule has 1 aliphatic rings. The summed E-state index contributed by atoms with van der Waals surface area (Å²) in [5.41, 5.74) is 0.629. The van der Waals surface area contributed by atoms with E-state index in [4.69, 9.17) is 4.74 Å². The second-order valence-electron chi connectivity index (χ2n) is 7.62. The van der Waals surface area contributed by atoms with Crippen LogP contribution in [-0.2, 0) is 30.9 Å². The molecule has 0 atom stereocenters. The number of rotatable bonds is 10. The Morgan fingerprint density at radius 3 is 2.48 bits per heavy atom. The second-order valence-corrected chi connectivity index (χ2v) is 9.87. The van der Waals surface area contributed by atoms with Crippen LogP contribution in [0, 0.1) is 5.82 Å². The first-order chi connectivity index (χ1) is 14.7. The normalized spacial score (nSPS) is 15.3. The summed E-state index contributed by atoms with van der Waals surface area (Å²) in [5.74, 6) is -0.878. The van der Waals surface area contributed by atoms with Gasteiger partial charge in [-0.05, 0) is 37.5 Å². The first-order valence-electron chi connectivity index (χ1n) is 10.4. The lowest BCUT2D eigenvalue weighted by molar-refractivity contribution is -0.137. The second kappa shape index (κ2) is 11.5. The molecule has 1 fully saturated rings. The van der Waals surface area contributed by atoms with Gasteiger partial charge in [-0.15, -0.1) is 0 Å². The lowest BCUT2D eigenvalue weighted by Gasteiger charge is -2.39. The average molecular weight is 458 g/mol. The van der Waals surface area contributed by atoms with E-state index in [9.17, 15) is 22.4 Å². The number of likely N-dealkylation sites (tertiary alicyclic amines) is 1. The highest BCUT2D eigenvalue weighted by molar-refractivity contribution is 7.89. The van der Waals surface area contributed by atoms with Crippen molar-refractivity contribution in [2.45, 2.75) is 39.3 Å². The van der Waals surface area contributed by atoms with Gasteiger partial charge in [0.05, 0.1) is 18.9 Å². The van der Waals surface area contributed by atoms with Crippen molar-refractivity contribution in [2.24, 2.45) is 0 Å². The van der Waals surface area contributed by atoms with Crippen LogP contribution in [0.4, 0.5) is 4.39 Å². The number of sulfonamides is 1. The summed E-state index contributed by atoms with van der Waals surface area (Å²) in [7, 11) is -2.13. The minimum atomic E-state index is -3.60. The number of nitrogens with zero attached hydrogens (tertiary/aromatic N) is 3. The molecule has 1 aromatic rings. The fraction of sp³-hybridized carbons (Fsp3) is 0.619. The van der Waals surface area contributed by atoms with Gasteiger partial charge >= 0.3 is 0 Å². The lowest BCUT2D eigenvalue weighted by Crippen LogP contribution is -2.51. The molecule has 0 bridgehead atoms. The topological polar surface area (TPSA) is 87.2 Å². The summed E-state index contributed by atoms with van der Waals surface area (Å²) in [5, 5.41) is 0. The number of methoxy groups -OCH3 is 1. The monoisotopic (exact) mass is 457 g/mol. The van der Waals surface area contributed by atoms with Gasteiger partial charge in [-0.25, -0.2) is 12.8 Å². The number of piperidine rings is 1. The molecule has 1 saturated heterocycles. The van der Waals surface area contributed by atoms with Gasteiger partial charge in [0.2, 0.25) is 21.8 Å². The van der Waals surface area contributed by atoms with E-state index in [1.807, 2.05) is 0 Å². The summed E-state index contributed by atoms with van der Waals surface area (Å²) in [4.78, 5) is 28.3. The van der Waals surface area contributed by atoms with Crippen LogP contribution in [0.3, 0.4) is 0 Å². The fourth-order valence-corrected chi connectivity index (χ4v) is 4.70. The van der Waals surface area contributed by atoms with Crippen LogP contribution in [0.1, 0.15) is 32.3 Å². The molecule has 1 aliphatic heterocycles. The van der Waals surface area contributed by atoms with Gasteiger partial charge in [-0.1, -0.05) is 12.1 Å². The van der Waals surface area contributed by atoms with Crippen molar-refractivity contribution >= 4 is 21.8 Å². The number of carbonyl (C=O) groups excluding carboxylic acids is 2. The molecule has 8 nitrogen and oxygen atoms in total. The Labute approximate surface area is 184 Å². The summed E-state index contributed by atoms with van der Waals surface area (Å²) >= 11 is 0. The van der Waals surface area contributed by atoms with Gasteiger partial charge < -0.3 is 14.5 Å². The zero-order valence-electron chi connectivity index (χ0n) is 18.4. The molecule has 0 aromatic heterocycles. The zero-order chi connectivity index (χ0) is 23.0. The molecule has 0 saturated carbocycles. The SMILES string of the molecule is CCS(=O)(=O)N(CCOC)CC(=O)N(Cc1cccc(F)c1)C1CCN(C(C)=O)CC1. The van der Waals surface area contributed by atoms with Gasteiger partial charge in [0, 0.05) is 46.3 Å². The van der Waals surface area contributed by atoms with E-state index in [0.29, 0.717) is 31.5 Å². The summed E-state index contributed by atoms with van der Waals surface area (Å²) in [6.45, 7) is 4.21. The molecule has 2 rings (SSSR count). The molecule has 2 amide bonds. The number of amides is 2. The van der Waals surface area contributed by atoms with Gasteiger partial charge in [0.15, 0.2) is 0 Å². The highest BCUT2D eigenvalue weighted by Crippen LogP contribution is 2.21. The third kappa shape index (κ3) is 7.26. The van der Waals surface area contributed by atoms with Crippen LogP contribution in [0.25, 0.3) is 0 Å². The number of hydrogen-bond donors (Lipinski definition) is 0. The number of ether oxygens (including phenoxy) is 1. The molecular weight excluding hydrogens is 425 g/mol. The maximum absolute atomic E-state index is 13.7. The molecule has 1 aromatic carbocycles. The van der Waals surface area contributed by atoms with E-state index in [-0.39, 0.29) is 49.9 Å². The minimum absolute atomic E-state index is 0.0127. The van der Waals surface area contributed by atoms with Crippen LogP contribution in [-0.4, -0.2) is 86.0 Å². The Kier molecular flexibility index (Phi) is 9.39. The van der Waals surface area contributed by atoms with E-state index >= 15 is 0 Å². The summed E-state index contributed by atoms with van der Waals surface area (Å²) in [6, 6.07) is 5.86. The zero-order valence-corrected chi connectivity index (χ0v) is 19.2. The van der Waals surface area contributed by atoms with Crippen molar-refractivity contribution < 1.29 is 27.1 Å². The van der Waals surface area contributed by atoms with E-state index in [1.54, 1.807) is 21.9 Å². The maximum atomic E-state index is 13.7. The molecule has 0 radical (unpaired) electrons. The predicted molar refractivity (Wildman–Crippen MR) is 115 cm³/mol. The summed E-state index contributed by atoms with van der Waals surface area (Å²) in [6.07, 6.45) is 1.17. The van der Waals surface area contributed by atoms with Crippen LogP contribution in [0.2, 0.25) is 0 Å². The number of carbonyl (C=O) groups is 2. The molecule has 0 N–H and O–H groups in total. The van der Waals surface area contributed by atoms with Crippen molar-refractivity contribution in [3.8, 4) is 0 Å². The molecule has 0 aliphatic carbocycles. The van der Waals surface area contributed by atoms with Gasteiger partial charge in [-0.3, -0.25) is 9.59 Å². The Morgan fingerprint density at radius 1 is 1.26 bits per heavy atom. The molecule has 0 unspecified atom stereocenters. The van der Waals surface area contributed by atoms with Crippen molar-refractivity contribution in [3.63, 3.8) is 0 Å². The number of hydrogen-bond acceptors (Lipinski definition) is 5. The standard InChI is InChI=1S/C21H32FN3O5S/c1-4-31(28,29)24(12-13-30-3)16-21(27)25(15-18-6-5-7-19(22)14-18)20-8-10-23(11-9-20)17(2)26/h5-7,14,20H,4,8-13,15-16H2,1-3H3. The Bertz CT molecular complexity index is 856. The van der Waals surface area contributed by atoms with Crippen LogP contribution in [0.5, 0.6) is 0 Å². The van der Waals surface area contributed by atoms with Crippen LogP contribution in [0.15, 0.2) is 24.3 Å².